The minimum atomic E-state index is 0.240. The van der Waals surface area contributed by atoms with Crippen LogP contribution in [-0.2, 0) is 5.41 Å². The fourth-order valence-electron chi connectivity index (χ4n) is 2.40. The Kier molecular flexibility index (Phi) is 4.62. The SMILES string of the molecule is CC(C)CC(C)(C)c1ccc(OC(C)C)cc1. The number of ether oxygens (including phenoxy) is 1. The van der Waals surface area contributed by atoms with Crippen LogP contribution in [0.25, 0.3) is 0 Å². The van der Waals surface area contributed by atoms with Crippen LogP contribution in [-0.4, -0.2) is 6.10 Å². The number of benzene rings is 1. The molecule has 1 nitrogen and oxygen atoms in total. The van der Waals surface area contributed by atoms with E-state index in [0.717, 1.165) is 11.7 Å². The van der Waals surface area contributed by atoms with Crippen LogP contribution < -0.4 is 4.74 Å². The van der Waals surface area contributed by atoms with Gasteiger partial charge in [0.15, 0.2) is 0 Å². The average molecular weight is 234 g/mol. The van der Waals surface area contributed by atoms with E-state index in [1.54, 1.807) is 0 Å². The summed E-state index contributed by atoms with van der Waals surface area (Å²) in [7, 11) is 0. The van der Waals surface area contributed by atoms with Crippen molar-refractivity contribution in [1.82, 2.24) is 0 Å². The van der Waals surface area contributed by atoms with Gasteiger partial charge < -0.3 is 4.74 Å². The van der Waals surface area contributed by atoms with Gasteiger partial charge in [0.05, 0.1) is 6.10 Å². The molecule has 0 fully saturated rings. The van der Waals surface area contributed by atoms with Gasteiger partial charge in [-0.05, 0) is 49.3 Å². The van der Waals surface area contributed by atoms with E-state index in [1.165, 1.54) is 12.0 Å². The summed E-state index contributed by atoms with van der Waals surface area (Å²) in [5, 5.41) is 0. The lowest BCUT2D eigenvalue weighted by Gasteiger charge is -2.27. The van der Waals surface area contributed by atoms with Crippen molar-refractivity contribution in [3.8, 4) is 5.75 Å². The highest BCUT2D eigenvalue weighted by Crippen LogP contribution is 2.31. The van der Waals surface area contributed by atoms with Gasteiger partial charge in [-0.3, -0.25) is 0 Å². The Bertz CT molecular complexity index is 333. The van der Waals surface area contributed by atoms with Crippen molar-refractivity contribution >= 4 is 0 Å². The first kappa shape index (κ1) is 14.1. The Morgan fingerprint density at radius 1 is 1.00 bits per heavy atom. The van der Waals surface area contributed by atoms with Gasteiger partial charge >= 0.3 is 0 Å². The predicted octanol–water partition coefficient (Wildman–Crippen LogP) is 4.80. The quantitative estimate of drug-likeness (QED) is 0.711. The van der Waals surface area contributed by atoms with Gasteiger partial charge in [0.2, 0.25) is 0 Å². The van der Waals surface area contributed by atoms with Crippen molar-refractivity contribution in [3.05, 3.63) is 29.8 Å². The molecule has 0 heterocycles. The third-order valence-corrected chi connectivity index (χ3v) is 2.93. The summed E-state index contributed by atoms with van der Waals surface area (Å²) < 4.78 is 5.66. The van der Waals surface area contributed by atoms with Crippen molar-refractivity contribution < 1.29 is 4.74 Å². The molecule has 0 aliphatic carbocycles. The van der Waals surface area contributed by atoms with Crippen LogP contribution in [0.5, 0.6) is 5.75 Å². The lowest BCUT2D eigenvalue weighted by Crippen LogP contribution is -2.19. The normalized spacial score (nSPS) is 12.2. The van der Waals surface area contributed by atoms with Gasteiger partial charge in [0.1, 0.15) is 5.75 Å². The van der Waals surface area contributed by atoms with Gasteiger partial charge in [-0.25, -0.2) is 0 Å². The van der Waals surface area contributed by atoms with Gasteiger partial charge in [0.25, 0.3) is 0 Å². The van der Waals surface area contributed by atoms with E-state index in [-0.39, 0.29) is 11.5 Å². The first-order chi connectivity index (χ1) is 7.81. The molecule has 1 aromatic rings. The largest absolute Gasteiger partial charge is 0.491 e. The molecule has 0 spiro atoms. The van der Waals surface area contributed by atoms with Crippen LogP contribution >= 0.6 is 0 Å². The monoisotopic (exact) mass is 234 g/mol. The summed E-state index contributed by atoms with van der Waals surface area (Å²) in [6.07, 6.45) is 1.45. The minimum Gasteiger partial charge on any atom is -0.491 e. The molecule has 17 heavy (non-hydrogen) atoms. The standard InChI is InChI=1S/C16H26O/c1-12(2)11-16(5,6)14-7-9-15(10-8-14)17-13(3)4/h7-10,12-13H,11H2,1-6H3. The summed E-state index contributed by atoms with van der Waals surface area (Å²) in [5.74, 6) is 1.68. The van der Waals surface area contributed by atoms with Gasteiger partial charge in [-0.2, -0.15) is 0 Å². The Hall–Kier alpha value is -0.980. The van der Waals surface area contributed by atoms with Crippen molar-refractivity contribution in [2.75, 3.05) is 0 Å². The smallest absolute Gasteiger partial charge is 0.119 e. The fraction of sp³-hybridized carbons (Fsp3) is 0.625. The van der Waals surface area contributed by atoms with Gasteiger partial charge in [-0.15, -0.1) is 0 Å². The second kappa shape index (κ2) is 5.57. The summed E-state index contributed by atoms with van der Waals surface area (Å²) in [6.45, 7) is 13.3. The Labute approximate surface area is 106 Å². The van der Waals surface area contributed by atoms with E-state index in [1.807, 2.05) is 0 Å². The molecule has 0 N–H and O–H groups in total. The molecule has 0 atom stereocenters. The van der Waals surface area contributed by atoms with E-state index in [2.05, 4.69) is 65.8 Å². The molecule has 0 unspecified atom stereocenters. The average Bonchev–Trinajstić information content (AvgIpc) is 2.15. The second-order valence-electron chi connectivity index (χ2n) is 6.17. The van der Waals surface area contributed by atoms with E-state index >= 15 is 0 Å². The molecule has 96 valence electrons. The van der Waals surface area contributed by atoms with Gasteiger partial charge in [-0.1, -0.05) is 39.8 Å². The van der Waals surface area contributed by atoms with Crippen LogP contribution in [0.1, 0.15) is 53.5 Å². The number of rotatable bonds is 5. The molecule has 1 rings (SSSR count). The molecule has 0 radical (unpaired) electrons. The van der Waals surface area contributed by atoms with Crippen molar-refractivity contribution in [2.24, 2.45) is 5.92 Å². The molecule has 0 bridgehead atoms. The van der Waals surface area contributed by atoms with Crippen LogP contribution in [0.15, 0.2) is 24.3 Å². The number of hydrogen-bond acceptors (Lipinski definition) is 1. The molecule has 1 aromatic carbocycles. The summed E-state index contributed by atoms with van der Waals surface area (Å²) in [4.78, 5) is 0. The molecule has 1 heteroatoms. The second-order valence-corrected chi connectivity index (χ2v) is 6.17. The zero-order chi connectivity index (χ0) is 13.1. The van der Waals surface area contributed by atoms with Crippen molar-refractivity contribution in [2.45, 2.75) is 59.5 Å². The Morgan fingerprint density at radius 3 is 1.94 bits per heavy atom. The highest BCUT2D eigenvalue weighted by Gasteiger charge is 2.21. The van der Waals surface area contributed by atoms with Crippen LogP contribution in [0.2, 0.25) is 0 Å². The maximum absolute atomic E-state index is 5.66. The molecule has 0 saturated heterocycles. The van der Waals surface area contributed by atoms with Crippen molar-refractivity contribution in [3.63, 3.8) is 0 Å². The highest BCUT2D eigenvalue weighted by molar-refractivity contribution is 5.31. The lowest BCUT2D eigenvalue weighted by molar-refractivity contribution is 0.242. The predicted molar refractivity (Wildman–Crippen MR) is 74.7 cm³/mol. The Morgan fingerprint density at radius 2 is 1.53 bits per heavy atom. The maximum atomic E-state index is 5.66. The lowest BCUT2D eigenvalue weighted by atomic mass is 9.78. The summed E-state index contributed by atoms with van der Waals surface area (Å²) in [5.41, 5.74) is 1.63. The molecular weight excluding hydrogens is 208 g/mol. The van der Waals surface area contributed by atoms with Gasteiger partial charge in [0, 0.05) is 0 Å². The molecule has 0 saturated carbocycles. The maximum Gasteiger partial charge on any atom is 0.119 e. The zero-order valence-corrected chi connectivity index (χ0v) is 12.1. The minimum absolute atomic E-state index is 0.240. The first-order valence-corrected chi connectivity index (χ1v) is 6.58. The third-order valence-electron chi connectivity index (χ3n) is 2.93. The highest BCUT2D eigenvalue weighted by atomic mass is 16.5. The summed E-state index contributed by atoms with van der Waals surface area (Å²) in [6, 6.07) is 8.55. The molecular formula is C16H26O. The van der Waals surface area contributed by atoms with Crippen LogP contribution in [0, 0.1) is 5.92 Å². The van der Waals surface area contributed by atoms with Crippen LogP contribution in [0.4, 0.5) is 0 Å². The number of hydrogen-bond donors (Lipinski definition) is 0. The summed E-state index contributed by atoms with van der Waals surface area (Å²) >= 11 is 0. The first-order valence-electron chi connectivity index (χ1n) is 6.58. The topological polar surface area (TPSA) is 9.23 Å². The molecule has 0 aliphatic heterocycles. The van der Waals surface area contributed by atoms with E-state index in [9.17, 15) is 0 Å². The fourth-order valence-corrected chi connectivity index (χ4v) is 2.40. The van der Waals surface area contributed by atoms with E-state index < -0.39 is 0 Å². The van der Waals surface area contributed by atoms with Crippen molar-refractivity contribution in [1.29, 1.82) is 0 Å². The molecule has 0 amide bonds. The Balaban J connectivity index is 2.79. The van der Waals surface area contributed by atoms with E-state index in [4.69, 9.17) is 4.74 Å². The zero-order valence-electron chi connectivity index (χ0n) is 12.1. The third kappa shape index (κ3) is 4.41. The molecule has 0 aliphatic rings. The van der Waals surface area contributed by atoms with Crippen LogP contribution in [0.3, 0.4) is 0 Å². The molecule has 0 aromatic heterocycles. The van der Waals surface area contributed by atoms with E-state index in [0.29, 0.717) is 0 Å².